The Balaban J connectivity index is 1.79. The van der Waals surface area contributed by atoms with Crippen molar-refractivity contribution in [2.24, 2.45) is 0 Å². The smallest absolute Gasteiger partial charge is 0.0950 e. The van der Waals surface area contributed by atoms with Crippen LogP contribution < -0.4 is 5.32 Å². The molecule has 3 heterocycles. The predicted octanol–water partition coefficient (Wildman–Crippen LogP) is 3.26. The fourth-order valence-corrected chi connectivity index (χ4v) is 4.02. The lowest BCUT2D eigenvalue weighted by Crippen LogP contribution is -2.40. The molecule has 0 aromatic carbocycles. The van der Waals surface area contributed by atoms with Crippen molar-refractivity contribution in [3.8, 4) is 0 Å². The van der Waals surface area contributed by atoms with E-state index in [4.69, 9.17) is 4.74 Å². The first-order valence-electron chi connectivity index (χ1n) is 8.64. The molecule has 0 spiro atoms. The highest BCUT2D eigenvalue weighted by molar-refractivity contribution is 5.10. The summed E-state index contributed by atoms with van der Waals surface area (Å²) >= 11 is 0. The molecule has 21 heavy (non-hydrogen) atoms. The van der Waals surface area contributed by atoms with Gasteiger partial charge < -0.3 is 14.6 Å². The SMILES string of the molecule is CCC1(CC)CC(n2cncc2C2CCCNC2)CCO1. The molecule has 0 bridgehead atoms. The summed E-state index contributed by atoms with van der Waals surface area (Å²) < 4.78 is 8.59. The highest BCUT2D eigenvalue weighted by atomic mass is 16.5. The largest absolute Gasteiger partial charge is 0.375 e. The van der Waals surface area contributed by atoms with Gasteiger partial charge in [0.2, 0.25) is 0 Å². The van der Waals surface area contributed by atoms with Crippen molar-refractivity contribution in [1.82, 2.24) is 14.9 Å². The van der Waals surface area contributed by atoms with Gasteiger partial charge in [0.1, 0.15) is 0 Å². The number of aromatic nitrogens is 2. The maximum Gasteiger partial charge on any atom is 0.0950 e. The molecule has 118 valence electrons. The first-order valence-corrected chi connectivity index (χ1v) is 8.64. The minimum absolute atomic E-state index is 0.0786. The van der Waals surface area contributed by atoms with Gasteiger partial charge in [0.25, 0.3) is 0 Å². The van der Waals surface area contributed by atoms with E-state index in [1.807, 2.05) is 0 Å². The maximum absolute atomic E-state index is 6.13. The molecular formula is C17H29N3O. The Labute approximate surface area is 128 Å². The van der Waals surface area contributed by atoms with Crippen molar-refractivity contribution in [1.29, 1.82) is 0 Å². The summed E-state index contributed by atoms with van der Waals surface area (Å²) in [4.78, 5) is 4.47. The minimum Gasteiger partial charge on any atom is -0.375 e. The molecule has 0 radical (unpaired) electrons. The first kappa shape index (κ1) is 15.0. The Bertz CT molecular complexity index is 447. The van der Waals surface area contributed by atoms with Crippen molar-refractivity contribution in [3.63, 3.8) is 0 Å². The van der Waals surface area contributed by atoms with Gasteiger partial charge in [-0.25, -0.2) is 4.98 Å². The van der Waals surface area contributed by atoms with Crippen LogP contribution in [0.4, 0.5) is 0 Å². The van der Waals surface area contributed by atoms with Crippen LogP contribution in [0.5, 0.6) is 0 Å². The Kier molecular flexibility index (Phi) is 4.65. The monoisotopic (exact) mass is 291 g/mol. The molecule has 2 saturated heterocycles. The van der Waals surface area contributed by atoms with E-state index in [2.05, 4.69) is 41.2 Å². The highest BCUT2D eigenvalue weighted by Crippen LogP contribution is 2.38. The molecular weight excluding hydrogens is 262 g/mol. The van der Waals surface area contributed by atoms with Crippen molar-refractivity contribution >= 4 is 0 Å². The number of nitrogens with zero attached hydrogens (tertiary/aromatic N) is 2. The van der Waals surface area contributed by atoms with Crippen molar-refractivity contribution in [3.05, 3.63) is 18.2 Å². The molecule has 0 aliphatic carbocycles. The fraction of sp³-hybridized carbons (Fsp3) is 0.824. The van der Waals surface area contributed by atoms with Gasteiger partial charge in [-0.2, -0.15) is 0 Å². The summed E-state index contributed by atoms with van der Waals surface area (Å²) in [6, 6.07) is 0.554. The maximum atomic E-state index is 6.13. The third kappa shape index (κ3) is 3.02. The molecule has 4 nitrogen and oxygen atoms in total. The lowest BCUT2D eigenvalue weighted by Gasteiger charge is -2.41. The second kappa shape index (κ2) is 6.49. The molecule has 4 heteroatoms. The van der Waals surface area contributed by atoms with Crippen molar-refractivity contribution < 1.29 is 4.74 Å². The third-order valence-corrected chi connectivity index (χ3v) is 5.56. The molecule has 3 rings (SSSR count). The van der Waals surface area contributed by atoms with E-state index >= 15 is 0 Å². The van der Waals surface area contributed by atoms with Gasteiger partial charge in [0, 0.05) is 37.0 Å². The van der Waals surface area contributed by atoms with Crippen LogP contribution in [0, 0.1) is 0 Å². The second-order valence-corrected chi connectivity index (χ2v) is 6.65. The average molecular weight is 291 g/mol. The molecule has 1 aromatic heterocycles. The van der Waals surface area contributed by atoms with Crippen molar-refractivity contribution in [2.75, 3.05) is 19.7 Å². The Hall–Kier alpha value is -0.870. The van der Waals surface area contributed by atoms with Gasteiger partial charge in [0.15, 0.2) is 0 Å². The van der Waals surface area contributed by atoms with E-state index in [0.717, 1.165) is 45.4 Å². The third-order valence-electron chi connectivity index (χ3n) is 5.56. The van der Waals surface area contributed by atoms with E-state index in [1.165, 1.54) is 18.5 Å². The first-order chi connectivity index (χ1) is 10.3. The molecule has 1 aromatic rings. The van der Waals surface area contributed by atoms with Gasteiger partial charge in [-0.05, 0) is 45.1 Å². The van der Waals surface area contributed by atoms with Crippen LogP contribution >= 0.6 is 0 Å². The van der Waals surface area contributed by atoms with Crippen LogP contribution in [0.2, 0.25) is 0 Å². The number of hydrogen-bond acceptors (Lipinski definition) is 3. The van der Waals surface area contributed by atoms with E-state index in [9.17, 15) is 0 Å². The summed E-state index contributed by atoms with van der Waals surface area (Å²) in [6.45, 7) is 7.66. The van der Waals surface area contributed by atoms with Crippen LogP contribution in [0.3, 0.4) is 0 Å². The summed E-state index contributed by atoms with van der Waals surface area (Å²) in [5, 5.41) is 3.53. The lowest BCUT2D eigenvalue weighted by molar-refractivity contribution is -0.0990. The molecule has 0 saturated carbocycles. The summed E-state index contributed by atoms with van der Waals surface area (Å²) in [7, 11) is 0. The van der Waals surface area contributed by atoms with E-state index in [0.29, 0.717) is 12.0 Å². The zero-order chi connectivity index (χ0) is 14.7. The van der Waals surface area contributed by atoms with E-state index in [1.54, 1.807) is 0 Å². The number of imidazole rings is 1. The fourth-order valence-electron chi connectivity index (χ4n) is 4.02. The molecule has 2 atom stereocenters. The predicted molar refractivity (Wildman–Crippen MR) is 84.6 cm³/mol. The van der Waals surface area contributed by atoms with Crippen LogP contribution in [-0.2, 0) is 4.74 Å². The number of rotatable bonds is 4. The van der Waals surface area contributed by atoms with E-state index in [-0.39, 0.29) is 5.60 Å². The van der Waals surface area contributed by atoms with Gasteiger partial charge in [-0.3, -0.25) is 0 Å². The Morgan fingerprint density at radius 2 is 2.24 bits per heavy atom. The normalized spacial score (nSPS) is 29.4. The molecule has 2 unspecified atom stereocenters. The van der Waals surface area contributed by atoms with Crippen LogP contribution in [0.1, 0.15) is 70.0 Å². The summed E-state index contributed by atoms with van der Waals surface area (Å²) in [6.07, 6.45) is 11.2. The Morgan fingerprint density at radius 1 is 1.38 bits per heavy atom. The number of piperidine rings is 1. The zero-order valence-electron chi connectivity index (χ0n) is 13.5. The summed E-state index contributed by atoms with van der Waals surface area (Å²) in [5.41, 5.74) is 1.50. The molecule has 0 amide bonds. The molecule has 2 fully saturated rings. The number of nitrogens with one attached hydrogen (secondary N) is 1. The molecule has 2 aliphatic heterocycles. The quantitative estimate of drug-likeness (QED) is 0.925. The number of hydrogen-bond donors (Lipinski definition) is 1. The van der Waals surface area contributed by atoms with Crippen molar-refractivity contribution in [2.45, 2.75) is 69.9 Å². The second-order valence-electron chi connectivity index (χ2n) is 6.65. The van der Waals surface area contributed by atoms with Crippen LogP contribution in [0.25, 0.3) is 0 Å². The van der Waals surface area contributed by atoms with Gasteiger partial charge in [-0.1, -0.05) is 13.8 Å². The molecule has 1 N–H and O–H groups in total. The summed E-state index contributed by atoms with van der Waals surface area (Å²) in [5.74, 6) is 0.627. The van der Waals surface area contributed by atoms with E-state index < -0.39 is 0 Å². The zero-order valence-corrected chi connectivity index (χ0v) is 13.5. The Morgan fingerprint density at radius 3 is 2.95 bits per heavy atom. The lowest BCUT2D eigenvalue weighted by atomic mass is 9.85. The number of ether oxygens (including phenoxy) is 1. The van der Waals surface area contributed by atoms with Gasteiger partial charge in [-0.15, -0.1) is 0 Å². The van der Waals surface area contributed by atoms with Crippen LogP contribution in [0.15, 0.2) is 12.5 Å². The van der Waals surface area contributed by atoms with Crippen LogP contribution in [-0.4, -0.2) is 34.8 Å². The van der Waals surface area contributed by atoms with Gasteiger partial charge >= 0.3 is 0 Å². The molecule has 2 aliphatic rings. The minimum atomic E-state index is 0.0786. The standard InChI is InChI=1S/C17H29N3O/c1-3-17(4-2)10-15(7-9-21-17)20-13-19-12-16(20)14-6-5-8-18-11-14/h12-15,18H,3-11H2,1-2H3. The highest BCUT2D eigenvalue weighted by Gasteiger charge is 2.36. The topological polar surface area (TPSA) is 39.1 Å². The average Bonchev–Trinajstić information content (AvgIpc) is 3.05. The van der Waals surface area contributed by atoms with Gasteiger partial charge in [0.05, 0.1) is 11.9 Å².